The zero-order valence-corrected chi connectivity index (χ0v) is 13.4. The standard InChI is InChI=1S/C15H25N3O2S/c1-2-10-18-21(19,20)15-9-4-3-8-14(15)17-12-13-7-5-6-11-16-13/h3-4,8-9,13,16-18H,2,5-7,10-12H2,1H3. The molecule has 0 aliphatic carbocycles. The van der Waals surface area contributed by atoms with Gasteiger partial charge >= 0.3 is 0 Å². The number of anilines is 1. The minimum Gasteiger partial charge on any atom is -0.382 e. The van der Waals surface area contributed by atoms with Gasteiger partial charge in [0, 0.05) is 19.1 Å². The third-order valence-electron chi connectivity index (χ3n) is 3.67. The van der Waals surface area contributed by atoms with Crippen molar-refractivity contribution >= 4 is 15.7 Å². The van der Waals surface area contributed by atoms with Crippen LogP contribution in [0.3, 0.4) is 0 Å². The van der Waals surface area contributed by atoms with Gasteiger partial charge in [-0.05, 0) is 37.9 Å². The van der Waals surface area contributed by atoms with Gasteiger partial charge in [0.2, 0.25) is 10.0 Å². The van der Waals surface area contributed by atoms with Crippen molar-refractivity contribution in [3.63, 3.8) is 0 Å². The molecule has 0 bridgehead atoms. The maximum Gasteiger partial charge on any atom is 0.242 e. The Morgan fingerprint density at radius 1 is 1.29 bits per heavy atom. The van der Waals surface area contributed by atoms with Gasteiger partial charge in [-0.15, -0.1) is 0 Å². The molecule has 118 valence electrons. The van der Waals surface area contributed by atoms with Crippen LogP contribution in [0.5, 0.6) is 0 Å². The molecule has 1 saturated heterocycles. The fourth-order valence-electron chi connectivity index (χ4n) is 2.49. The van der Waals surface area contributed by atoms with Gasteiger partial charge in [0.15, 0.2) is 0 Å². The van der Waals surface area contributed by atoms with Gasteiger partial charge in [0.05, 0.1) is 5.69 Å². The lowest BCUT2D eigenvalue weighted by Crippen LogP contribution is -2.39. The molecule has 1 aliphatic heterocycles. The van der Waals surface area contributed by atoms with Gasteiger partial charge in [-0.3, -0.25) is 0 Å². The Hall–Kier alpha value is -1.11. The SMILES string of the molecule is CCCNS(=O)(=O)c1ccccc1NCC1CCCCN1. The molecule has 1 aromatic carbocycles. The van der Waals surface area contributed by atoms with Gasteiger partial charge in [-0.25, -0.2) is 13.1 Å². The van der Waals surface area contributed by atoms with Crippen LogP contribution in [-0.4, -0.2) is 34.1 Å². The van der Waals surface area contributed by atoms with E-state index in [2.05, 4.69) is 15.4 Å². The number of hydrogen-bond donors (Lipinski definition) is 3. The molecule has 1 unspecified atom stereocenters. The first-order valence-corrected chi connectivity index (χ1v) is 9.18. The molecule has 0 aromatic heterocycles. The fourth-order valence-corrected chi connectivity index (χ4v) is 3.81. The summed E-state index contributed by atoms with van der Waals surface area (Å²) in [5.74, 6) is 0. The van der Waals surface area contributed by atoms with Crippen molar-refractivity contribution in [2.24, 2.45) is 0 Å². The Morgan fingerprint density at radius 2 is 2.10 bits per heavy atom. The Kier molecular flexibility index (Phi) is 6.02. The summed E-state index contributed by atoms with van der Waals surface area (Å²) in [6, 6.07) is 7.50. The lowest BCUT2D eigenvalue weighted by molar-refractivity contribution is 0.414. The number of sulfonamides is 1. The normalized spacial score (nSPS) is 19.4. The number of para-hydroxylation sites is 1. The second kappa shape index (κ2) is 7.77. The lowest BCUT2D eigenvalue weighted by atomic mass is 10.1. The molecular weight excluding hydrogens is 286 g/mol. The van der Waals surface area contributed by atoms with Crippen LogP contribution in [0.25, 0.3) is 0 Å². The van der Waals surface area contributed by atoms with E-state index in [0.717, 1.165) is 25.9 Å². The monoisotopic (exact) mass is 311 g/mol. The van der Waals surface area contributed by atoms with E-state index < -0.39 is 10.0 Å². The molecule has 2 rings (SSSR count). The van der Waals surface area contributed by atoms with Crippen molar-refractivity contribution in [3.8, 4) is 0 Å². The fraction of sp³-hybridized carbons (Fsp3) is 0.600. The minimum absolute atomic E-state index is 0.328. The van der Waals surface area contributed by atoms with Gasteiger partial charge in [-0.2, -0.15) is 0 Å². The zero-order chi connectivity index (χ0) is 15.1. The Balaban J connectivity index is 2.05. The molecule has 1 aliphatic rings. The Labute approximate surface area is 127 Å². The van der Waals surface area contributed by atoms with Crippen molar-refractivity contribution in [3.05, 3.63) is 24.3 Å². The number of piperidine rings is 1. The predicted octanol–water partition coefficient (Wildman–Crippen LogP) is 1.93. The van der Waals surface area contributed by atoms with Crippen LogP contribution >= 0.6 is 0 Å². The summed E-state index contributed by atoms with van der Waals surface area (Å²) in [4.78, 5) is 0.328. The van der Waals surface area contributed by atoms with Crippen molar-refractivity contribution in [2.75, 3.05) is 25.0 Å². The average molecular weight is 311 g/mol. The summed E-state index contributed by atoms with van der Waals surface area (Å²) in [5.41, 5.74) is 0.675. The highest BCUT2D eigenvalue weighted by molar-refractivity contribution is 7.89. The first-order valence-electron chi connectivity index (χ1n) is 7.69. The van der Waals surface area contributed by atoms with Crippen LogP contribution in [0.1, 0.15) is 32.6 Å². The smallest absolute Gasteiger partial charge is 0.242 e. The van der Waals surface area contributed by atoms with Gasteiger partial charge in [0.25, 0.3) is 0 Å². The largest absolute Gasteiger partial charge is 0.382 e. The van der Waals surface area contributed by atoms with Crippen LogP contribution in [-0.2, 0) is 10.0 Å². The molecule has 0 amide bonds. The molecule has 1 fully saturated rings. The summed E-state index contributed by atoms with van der Waals surface area (Å²) >= 11 is 0. The molecule has 6 heteroatoms. The summed E-state index contributed by atoms with van der Waals surface area (Å²) in [6.07, 6.45) is 4.37. The summed E-state index contributed by atoms with van der Waals surface area (Å²) < 4.78 is 27.2. The van der Waals surface area contributed by atoms with E-state index in [0.29, 0.717) is 23.2 Å². The maximum absolute atomic E-state index is 12.3. The summed E-state index contributed by atoms with van der Waals surface area (Å²) in [5, 5.41) is 6.74. The molecule has 1 aromatic rings. The van der Waals surface area contributed by atoms with E-state index in [9.17, 15) is 8.42 Å². The molecule has 0 saturated carbocycles. The van der Waals surface area contributed by atoms with Crippen LogP contribution in [0, 0.1) is 0 Å². The van der Waals surface area contributed by atoms with E-state index in [1.807, 2.05) is 19.1 Å². The Morgan fingerprint density at radius 3 is 2.81 bits per heavy atom. The molecule has 3 N–H and O–H groups in total. The predicted molar refractivity (Wildman–Crippen MR) is 86.1 cm³/mol. The number of hydrogen-bond acceptors (Lipinski definition) is 4. The highest BCUT2D eigenvalue weighted by Crippen LogP contribution is 2.21. The van der Waals surface area contributed by atoms with E-state index in [1.54, 1.807) is 12.1 Å². The number of benzene rings is 1. The van der Waals surface area contributed by atoms with E-state index >= 15 is 0 Å². The third-order valence-corrected chi connectivity index (χ3v) is 5.19. The molecule has 1 heterocycles. The van der Waals surface area contributed by atoms with Crippen molar-refractivity contribution in [2.45, 2.75) is 43.5 Å². The van der Waals surface area contributed by atoms with Crippen molar-refractivity contribution in [1.82, 2.24) is 10.0 Å². The molecule has 21 heavy (non-hydrogen) atoms. The molecule has 0 spiro atoms. The average Bonchev–Trinajstić information content (AvgIpc) is 2.52. The molecular formula is C15H25N3O2S. The van der Waals surface area contributed by atoms with E-state index in [1.165, 1.54) is 12.8 Å². The topological polar surface area (TPSA) is 70.2 Å². The summed E-state index contributed by atoms with van der Waals surface area (Å²) in [6.45, 7) is 4.20. The molecule has 1 atom stereocenters. The molecule has 0 radical (unpaired) electrons. The number of nitrogens with one attached hydrogen (secondary N) is 3. The van der Waals surface area contributed by atoms with Crippen molar-refractivity contribution < 1.29 is 8.42 Å². The van der Waals surface area contributed by atoms with Crippen LogP contribution < -0.4 is 15.4 Å². The Bertz CT molecular complexity index is 540. The zero-order valence-electron chi connectivity index (χ0n) is 12.6. The van der Waals surface area contributed by atoms with E-state index in [4.69, 9.17) is 0 Å². The summed E-state index contributed by atoms with van der Waals surface area (Å²) in [7, 11) is -3.44. The lowest BCUT2D eigenvalue weighted by Gasteiger charge is -2.24. The van der Waals surface area contributed by atoms with E-state index in [-0.39, 0.29) is 0 Å². The second-order valence-corrected chi connectivity index (χ2v) is 7.16. The maximum atomic E-state index is 12.3. The quantitative estimate of drug-likeness (QED) is 0.719. The number of rotatable bonds is 7. The first-order chi connectivity index (χ1) is 10.1. The van der Waals surface area contributed by atoms with Gasteiger partial charge < -0.3 is 10.6 Å². The van der Waals surface area contributed by atoms with Crippen LogP contribution in [0.4, 0.5) is 5.69 Å². The third kappa shape index (κ3) is 4.69. The second-order valence-electron chi connectivity index (χ2n) is 5.42. The van der Waals surface area contributed by atoms with Gasteiger partial charge in [-0.1, -0.05) is 25.5 Å². The van der Waals surface area contributed by atoms with Crippen molar-refractivity contribution in [1.29, 1.82) is 0 Å². The highest BCUT2D eigenvalue weighted by Gasteiger charge is 2.18. The van der Waals surface area contributed by atoms with Gasteiger partial charge in [0.1, 0.15) is 4.90 Å². The highest BCUT2D eigenvalue weighted by atomic mass is 32.2. The van der Waals surface area contributed by atoms with Crippen LogP contribution in [0.2, 0.25) is 0 Å². The molecule has 5 nitrogen and oxygen atoms in total. The first kappa shape index (κ1) is 16.3. The van der Waals surface area contributed by atoms with Crippen LogP contribution in [0.15, 0.2) is 29.2 Å². The minimum atomic E-state index is -3.44.